The Bertz CT molecular complexity index is 2960. The molecule has 11 atom stereocenters. The average molecular weight is 1170 g/mol. The Morgan fingerprint density at radius 2 is 1.60 bits per heavy atom. The summed E-state index contributed by atoms with van der Waals surface area (Å²) in [6.45, 7) is 21.2. The SMILES string of the molecule is C=c1c(C)c(O)c(=C)c(C(C)(C)CC(=O)N(C)CCN(CCOCCOCCC(=O)NCCCCC(NC(=O)CCC(C)C2CCC3C4C(O)CC5CC(O)CCC5(C)C4CCC23C)C(=O)O)C(=O)Oc2ccc3nc(C#N)sc3c2)c1O. The van der Waals surface area contributed by atoms with Gasteiger partial charge in [-0.25, -0.2) is 14.6 Å². The van der Waals surface area contributed by atoms with Gasteiger partial charge >= 0.3 is 12.1 Å². The highest BCUT2D eigenvalue weighted by Gasteiger charge is 2.63. The number of likely N-dealkylation sites (N-methyl/N-ethyl adjacent to an activating group) is 1. The first-order valence-electron chi connectivity index (χ1n) is 29.8. The molecule has 7 N–H and O–H groups in total. The van der Waals surface area contributed by atoms with E-state index in [1.807, 2.05) is 6.07 Å². The van der Waals surface area contributed by atoms with Crippen LogP contribution >= 0.6 is 11.3 Å². The molecule has 20 heteroatoms. The van der Waals surface area contributed by atoms with Crippen LogP contribution in [0.1, 0.15) is 147 Å². The van der Waals surface area contributed by atoms with Crippen LogP contribution in [0.5, 0.6) is 17.2 Å². The molecular weight excluding hydrogens is 1080 g/mol. The zero-order valence-corrected chi connectivity index (χ0v) is 50.6. The molecule has 4 aliphatic carbocycles. The fraction of sp³-hybridized carbons (Fsp3) is 0.667. The van der Waals surface area contributed by atoms with E-state index in [0.717, 1.165) is 51.4 Å². The number of benzene rings is 2. The smallest absolute Gasteiger partial charge is 0.415 e. The Balaban J connectivity index is 0.779. The summed E-state index contributed by atoms with van der Waals surface area (Å²) in [6.07, 6.45) is 8.71. The normalized spacial score (nSPS) is 25.5. The first-order chi connectivity index (χ1) is 39.3. The van der Waals surface area contributed by atoms with E-state index < -0.39 is 23.5 Å². The van der Waals surface area contributed by atoms with Crippen molar-refractivity contribution >= 4 is 64.5 Å². The highest BCUT2D eigenvalue weighted by molar-refractivity contribution is 7.19. The third-order valence-corrected chi connectivity index (χ3v) is 20.6. The molecule has 2 aromatic carbocycles. The monoisotopic (exact) mass is 1170 g/mol. The number of hydrogen-bond acceptors (Lipinski definition) is 15. The molecule has 0 bridgehead atoms. The van der Waals surface area contributed by atoms with Crippen molar-refractivity contribution in [3.63, 3.8) is 0 Å². The van der Waals surface area contributed by atoms with Crippen LogP contribution in [0.4, 0.5) is 4.79 Å². The second-order valence-corrected chi connectivity index (χ2v) is 26.4. The van der Waals surface area contributed by atoms with E-state index in [1.54, 1.807) is 46.0 Å². The van der Waals surface area contributed by atoms with E-state index in [0.29, 0.717) is 70.8 Å². The topological polar surface area (TPSA) is 281 Å². The van der Waals surface area contributed by atoms with Crippen LogP contribution in [0.25, 0.3) is 23.4 Å². The number of carbonyl (C=O) groups excluding carboxylic acids is 4. The number of fused-ring (bicyclic) bond motifs is 6. The van der Waals surface area contributed by atoms with Crippen molar-refractivity contribution in [1.29, 1.82) is 5.26 Å². The second kappa shape index (κ2) is 27.9. The Kier molecular flexibility index (Phi) is 21.8. The lowest BCUT2D eigenvalue weighted by atomic mass is 9.43. The lowest BCUT2D eigenvalue weighted by Crippen LogP contribution is -2.58. The number of aliphatic hydroxyl groups excluding tert-OH is 2. The molecule has 4 fully saturated rings. The van der Waals surface area contributed by atoms with Gasteiger partial charge in [0.15, 0.2) is 5.01 Å². The summed E-state index contributed by atoms with van der Waals surface area (Å²) in [5.74, 6) is 0.396. The number of unbranched alkanes of at least 4 members (excludes halogenated alkanes) is 1. The standard InChI is InChI=1S/C63H90N6O13S/c1-37(44-15-16-45-55-46(20-23-63(44,45)8)62(7)22-19-42(70)32-41(62)33-49(55)71)13-18-52(73)66-48(59(77)78)12-10-11-24-65-51(72)21-28-80-30-31-81-29-27-69(60(79)82-43-14-17-47-50(34-43)83-53(36-64)67-47)26-25-68(9)54(74)35-61(5,6)56-40(4)57(75)38(2)39(3)58(56)76/h14,17,34,37,41-42,44-46,48-49,55,70-71,75-76H,3-4,10-13,15-16,18-33,35H2,1-2,5-9H3,(H,65,72)(H,66,73)(H,77,78). The summed E-state index contributed by atoms with van der Waals surface area (Å²) >= 11 is 1.17. The lowest BCUT2D eigenvalue weighted by molar-refractivity contribution is -0.174. The minimum Gasteiger partial charge on any atom is -0.507 e. The molecule has 3 aromatic rings. The molecule has 4 aliphatic rings. The molecule has 7 rings (SSSR count). The van der Waals surface area contributed by atoms with Crippen LogP contribution in [-0.2, 0) is 34.1 Å². The summed E-state index contributed by atoms with van der Waals surface area (Å²) in [6, 6.07) is 5.86. The maximum Gasteiger partial charge on any atom is 0.415 e. The molecule has 1 aromatic heterocycles. The van der Waals surface area contributed by atoms with Crippen molar-refractivity contribution in [2.75, 3.05) is 59.7 Å². The molecule has 456 valence electrons. The number of hydrogen-bond donors (Lipinski definition) is 7. The number of aliphatic carboxylic acids is 1. The highest BCUT2D eigenvalue weighted by atomic mass is 32.1. The first kappa shape index (κ1) is 64.7. The lowest BCUT2D eigenvalue weighted by Gasteiger charge is -2.62. The van der Waals surface area contributed by atoms with Crippen molar-refractivity contribution in [2.45, 2.75) is 162 Å². The van der Waals surface area contributed by atoms with E-state index >= 15 is 0 Å². The fourth-order valence-corrected chi connectivity index (χ4v) is 15.7. The largest absolute Gasteiger partial charge is 0.507 e. The number of aliphatic hydroxyl groups is 2. The Morgan fingerprint density at radius 3 is 2.33 bits per heavy atom. The van der Waals surface area contributed by atoms with Crippen LogP contribution in [0.2, 0.25) is 0 Å². The van der Waals surface area contributed by atoms with Crippen LogP contribution in [0, 0.1) is 64.6 Å². The number of phenols is 2. The molecule has 0 spiro atoms. The number of thiazole rings is 1. The van der Waals surface area contributed by atoms with Crippen LogP contribution < -0.4 is 25.8 Å². The van der Waals surface area contributed by atoms with Gasteiger partial charge < -0.3 is 60.2 Å². The number of rotatable bonds is 27. The van der Waals surface area contributed by atoms with Gasteiger partial charge in [-0.05, 0) is 142 Å². The van der Waals surface area contributed by atoms with E-state index in [9.17, 15) is 54.8 Å². The molecule has 4 saturated carbocycles. The average Bonchev–Trinajstić information content (AvgIpc) is 1.96. The van der Waals surface area contributed by atoms with Crippen LogP contribution in [0.3, 0.4) is 0 Å². The summed E-state index contributed by atoms with van der Waals surface area (Å²) in [5, 5.41) is 69.3. The molecule has 11 unspecified atom stereocenters. The van der Waals surface area contributed by atoms with Crippen LogP contribution in [-0.4, -0.2) is 148 Å². The third kappa shape index (κ3) is 15.2. The zero-order valence-electron chi connectivity index (χ0n) is 49.8. The highest BCUT2D eigenvalue weighted by Crippen LogP contribution is 2.68. The van der Waals surface area contributed by atoms with Crippen molar-refractivity contribution < 1.29 is 63.7 Å². The number of phenolic OH excluding ortho intramolecular Hbond substituents is 2. The van der Waals surface area contributed by atoms with Crippen molar-refractivity contribution in [3.8, 4) is 23.3 Å². The number of nitriles is 1. The van der Waals surface area contributed by atoms with Crippen LogP contribution in [0.15, 0.2) is 18.2 Å². The van der Waals surface area contributed by atoms with Gasteiger partial charge in [0.25, 0.3) is 0 Å². The summed E-state index contributed by atoms with van der Waals surface area (Å²) < 4.78 is 17.8. The number of carboxylic acid groups (broad SMARTS) is 1. The quantitative estimate of drug-likeness (QED) is 0.0298. The molecule has 0 radical (unpaired) electrons. The van der Waals surface area contributed by atoms with Gasteiger partial charge in [-0.2, -0.15) is 5.26 Å². The number of carboxylic acids is 1. The molecular formula is C63H90N6O13S. The first-order valence-corrected chi connectivity index (χ1v) is 30.7. The summed E-state index contributed by atoms with van der Waals surface area (Å²) in [7, 11) is 1.60. The van der Waals surface area contributed by atoms with E-state index in [1.165, 1.54) is 21.1 Å². The predicted octanol–water partition coefficient (Wildman–Crippen LogP) is 7.02. The van der Waals surface area contributed by atoms with E-state index in [2.05, 4.69) is 49.5 Å². The maximum atomic E-state index is 13.6. The summed E-state index contributed by atoms with van der Waals surface area (Å²) in [5.41, 5.74) is 0.619. The number of aromatic nitrogens is 1. The molecule has 83 heavy (non-hydrogen) atoms. The minimum atomic E-state index is -1.09. The second-order valence-electron chi connectivity index (χ2n) is 25.4. The number of amides is 4. The van der Waals surface area contributed by atoms with Gasteiger partial charge in [0, 0.05) is 85.5 Å². The van der Waals surface area contributed by atoms with Gasteiger partial charge in [-0.15, -0.1) is 11.3 Å². The molecule has 1 heterocycles. The Hall–Kier alpha value is -5.85. The van der Waals surface area contributed by atoms with Gasteiger partial charge in [0.1, 0.15) is 29.4 Å². The number of aromatic hydroxyl groups is 2. The van der Waals surface area contributed by atoms with Crippen molar-refractivity contribution in [1.82, 2.24) is 25.4 Å². The van der Waals surface area contributed by atoms with Gasteiger partial charge in [-0.3, -0.25) is 14.4 Å². The minimum absolute atomic E-state index is 0.0559. The number of nitrogens with one attached hydrogen (secondary N) is 2. The molecule has 0 saturated heterocycles. The van der Waals surface area contributed by atoms with E-state index in [-0.39, 0.29) is 157 Å². The fourth-order valence-electron chi connectivity index (χ4n) is 14.9. The van der Waals surface area contributed by atoms with Crippen molar-refractivity contribution in [2.24, 2.45) is 46.3 Å². The number of nitrogens with zero attached hydrogens (tertiary/aromatic N) is 4. The summed E-state index contributed by atoms with van der Waals surface area (Å²) in [4.78, 5) is 72.3. The van der Waals surface area contributed by atoms with Gasteiger partial charge in [-0.1, -0.05) is 47.8 Å². The molecule has 0 aliphatic heterocycles. The van der Waals surface area contributed by atoms with Gasteiger partial charge in [0.05, 0.1) is 48.9 Å². The number of ether oxygens (including phenoxy) is 3. The molecule has 19 nitrogen and oxygen atoms in total. The Morgan fingerprint density at radius 1 is 0.892 bits per heavy atom. The zero-order chi connectivity index (χ0) is 60.6. The van der Waals surface area contributed by atoms with Crippen molar-refractivity contribution in [3.05, 3.63) is 44.8 Å². The van der Waals surface area contributed by atoms with Gasteiger partial charge in [0.2, 0.25) is 17.7 Å². The van der Waals surface area contributed by atoms with E-state index in [4.69, 9.17) is 14.2 Å². The predicted molar refractivity (Wildman–Crippen MR) is 316 cm³/mol. The maximum absolute atomic E-state index is 13.6. The molecule has 4 amide bonds. The Labute approximate surface area is 492 Å². The number of carbonyl (C=O) groups is 5. The third-order valence-electron chi connectivity index (χ3n) is 19.7.